The van der Waals surface area contributed by atoms with Crippen LogP contribution in [0, 0.1) is 0 Å². The number of unbranched alkanes of at least 4 members (excludes halogenated alkanes) is 6. The molecule has 1 atom stereocenters. The lowest BCUT2D eigenvalue weighted by atomic mass is 9.95. The van der Waals surface area contributed by atoms with Gasteiger partial charge in [-0.25, -0.2) is 8.42 Å². The predicted octanol–water partition coefficient (Wildman–Crippen LogP) is 5.40. The minimum atomic E-state index is -3.19. The van der Waals surface area contributed by atoms with Gasteiger partial charge in [-0.1, -0.05) is 45.4 Å². The third-order valence-corrected chi connectivity index (χ3v) is 6.03. The summed E-state index contributed by atoms with van der Waals surface area (Å²) in [5.41, 5.74) is -0.405. The Morgan fingerprint density at radius 3 is 2.00 bits per heavy atom. The molecule has 1 aromatic rings. The number of hydrogen-bond acceptors (Lipinski definition) is 4. The van der Waals surface area contributed by atoms with Crippen molar-refractivity contribution >= 4 is 9.84 Å². The van der Waals surface area contributed by atoms with Gasteiger partial charge in [-0.2, -0.15) is 0 Å². The summed E-state index contributed by atoms with van der Waals surface area (Å²) < 4.78 is 35.0. The Labute approximate surface area is 160 Å². The van der Waals surface area contributed by atoms with E-state index in [-0.39, 0.29) is 6.10 Å². The molecule has 150 valence electrons. The SMILES string of the molecule is CCCCCCCCCC(Oc1ccc(S(C)(=O)=O)cc1)C(C)(C)OC. The van der Waals surface area contributed by atoms with Gasteiger partial charge in [-0.3, -0.25) is 0 Å². The normalized spacial score (nSPS) is 13.6. The summed E-state index contributed by atoms with van der Waals surface area (Å²) in [6, 6.07) is 6.63. The molecule has 1 unspecified atom stereocenters. The molecule has 0 aromatic heterocycles. The number of sulfone groups is 1. The van der Waals surface area contributed by atoms with Crippen LogP contribution in [0.4, 0.5) is 0 Å². The standard InChI is InChI=1S/C21H36O4S/c1-6-7-8-9-10-11-12-13-20(21(2,3)24-4)25-18-14-16-19(17-15-18)26(5,22)23/h14-17,20H,6-13H2,1-5H3. The first-order chi connectivity index (χ1) is 12.2. The summed E-state index contributed by atoms with van der Waals surface area (Å²) >= 11 is 0. The molecule has 26 heavy (non-hydrogen) atoms. The molecule has 0 saturated heterocycles. The smallest absolute Gasteiger partial charge is 0.175 e. The van der Waals surface area contributed by atoms with Crippen molar-refractivity contribution in [3.63, 3.8) is 0 Å². The van der Waals surface area contributed by atoms with Crippen LogP contribution in [0.15, 0.2) is 29.2 Å². The van der Waals surface area contributed by atoms with Crippen LogP contribution in [0.5, 0.6) is 5.75 Å². The van der Waals surface area contributed by atoms with Crippen LogP contribution in [0.25, 0.3) is 0 Å². The molecule has 0 spiro atoms. The van der Waals surface area contributed by atoms with Crippen molar-refractivity contribution in [1.29, 1.82) is 0 Å². The van der Waals surface area contributed by atoms with Gasteiger partial charge in [-0.15, -0.1) is 0 Å². The zero-order valence-electron chi connectivity index (χ0n) is 17.1. The maximum Gasteiger partial charge on any atom is 0.175 e. The van der Waals surface area contributed by atoms with Gasteiger partial charge in [0.2, 0.25) is 0 Å². The van der Waals surface area contributed by atoms with E-state index in [1.807, 2.05) is 13.8 Å². The summed E-state index contributed by atoms with van der Waals surface area (Å²) in [5, 5.41) is 0. The van der Waals surface area contributed by atoms with E-state index >= 15 is 0 Å². The highest BCUT2D eigenvalue weighted by atomic mass is 32.2. The van der Waals surface area contributed by atoms with Crippen molar-refractivity contribution in [2.75, 3.05) is 13.4 Å². The van der Waals surface area contributed by atoms with Crippen LogP contribution < -0.4 is 4.74 Å². The van der Waals surface area contributed by atoms with Crippen molar-refractivity contribution in [2.45, 2.75) is 88.7 Å². The lowest BCUT2D eigenvalue weighted by Gasteiger charge is -2.33. The summed E-state index contributed by atoms with van der Waals surface area (Å²) in [5.74, 6) is 0.676. The maximum atomic E-state index is 11.6. The Morgan fingerprint density at radius 1 is 0.962 bits per heavy atom. The second-order valence-corrected chi connectivity index (χ2v) is 9.58. The Hall–Kier alpha value is -1.07. The van der Waals surface area contributed by atoms with E-state index in [1.54, 1.807) is 31.4 Å². The highest BCUT2D eigenvalue weighted by Crippen LogP contribution is 2.26. The molecule has 0 amide bonds. The Morgan fingerprint density at radius 2 is 1.50 bits per heavy atom. The Balaban J connectivity index is 2.61. The Bertz CT molecular complexity index is 605. The molecular formula is C21H36O4S. The van der Waals surface area contributed by atoms with Crippen LogP contribution in [-0.4, -0.2) is 33.5 Å². The third-order valence-electron chi connectivity index (χ3n) is 4.90. The molecule has 0 saturated carbocycles. The predicted molar refractivity (Wildman–Crippen MR) is 108 cm³/mol. The lowest BCUT2D eigenvalue weighted by molar-refractivity contribution is -0.0691. The average Bonchev–Trinajstić information content (AvgIpc) is 2.59. The van der Waals surface area contributed by atoms with Gasteiger partial charge < -0.3 is 9.47 Å². The number of hydrogen-bond donors (Lipinski definition) is 0. The van der Waals surface area contributed by atoms with E-state index in [0.717, 1.165) is 12.8 Å². The molecule has 0 fully saturated rings. The lowest BCUT2D eigenvalue weighted by Crippen LogP contribution is -2.42. The van der Waals surface area contributed by atoms with Crippen molar-refractivity contribution in [2.24, 2.45) is 0 Å². The molecule has 0 aliphatic heterocycles. The first-order valence-corrected chi connectivity index (χ1v) is 11.6. The average molecular weight is 385 g/mol. The monoisotopic (exact) mass is 384 g/mol. The maximum absolute atomic E-state index is 11.6. The van der Waals surface area contributed by atoms with E-state index in [0.29, 0.717) is 10.6 Å². The second kappa shape index (κ2) is 10.9. The molecule has 0 bridgehead atoms. The minimum absolute atomic E-state index is 0.0766. The van der Waals surface area contributed by atoms with Gasteiger partial charge >= 0.3 is 0 Å². The molecule has 0 aliphatic rings. The van der Waals surface area contributed by atoms with E-state index in [9.17, 15) is 8.42 Å². The summed E-state index contributed by atoms with van der Waals surface area (Å²) in [4.78, 5) is 0.305. The fourth-order valence-electron chi connectivity index (χ4n) is 2.90. The first-order valence-electron chi connectivity index (χ1n) is 9.72. The molecule has 0 N–H and O–H groups in total. The summed E-state index contributed by atoms with van der Waals surface area (Å²) in [6.45, 7) is 6.30. The van der Waals surface area contributed by atoms with Gasteiger partial charge in [0.25, 0.3) is 0 Å². The molecule has 0 aliphatic carbocycles. The van der Waals surface area contributed by atoms with Crippen LogP contribution in [0.2, 0.25) is 0 Å². The summed E-state index contributed by atoms with van der Waals surface area (Å²) in [7, 11) is -1.49. The van der Waals surface area contributed by atoms with Gasteiger partial charge in [0.15, 0.2) is 9.84 Å². The Kier molecular flexibility index (Phi) is 9.66. The van der Waals surface area contributed by atoms with Crippen molar-refractivity contribution < 1.29 is 17.9 Å². The highest BCUT2D eigenvalue weighted by Gasteiger charge is 2.31. The minimum Gasteiger partial charge on any atom is -0.487 e. The molecule has 1 aromatic carbocycles. The number of rotatable bonds is 13. The number of ether oxygens (including phenoxy) is 2. The van der Waals surface area contributed by atoms with Gasteiger partial charge in [0, 0.05) is 13.4 Å². The molecule has 5 heteroatoms. The molecule has 0 radical (unpaired) electrons. The quantitative estimate of drug-likeness (QED) is 0.427. The fourth-order valence-corrected chi connectivity index (χ4v) is 3.53. The van der Waals surface area contributed by atoms with E-state index in [4.69, 9.17) is 9.47 Å². The first kappa shape index (κ1) is 23.0. The van der Waals surface area contributed by atoms with Gasteiger partial charge in [-0.05, 0) is 51.0 Å². The topological polar surface area (TPSA) is 52.6 Å². The van der Waals surface area contributed by atoms with E-state index < -0.39 is 15.4 Å². The zero-order valence-corrected chi connectivity index (χ0v) is 17.9. The van der Waals surface area contributed by atoms with Crippen molar-refractivity contribution in [1.82, 2.24) is 0 Å². The van der Waals surface area contributed by atoms with Crippen molar-refractivity contribution in [3.8, 4) is 5.75 Å². The van der Waals surface area contributed by atoms with E-state index in [2.05, 4.69) is 6.92 Å². The number of benzene rings is 1. The molecule has 0 heterocycles. The molecule has 1 rings (SSSR count). The van der Waals surface area contributed by atoms with Crippen LogP contribution >= 0.6 is 0 Å². The van der Waals surface area contributed by atoms with Gasteiger partial charge in [0.05, 0.1) is 10.5 Å². The largest absolute Gasteiger partial charge is 0.487 e. The second-order valence-electron chi connectivity index (χ2n) is 7.57. The number of methoxy groups -OCH3 is 1. The molecule has 4 nitrogen and oxygen atoms in total. The van der Waals surface area contributed by atoms with E-state index in [1.165, 1.54) is 44.8 Å². The highest BCUT2D eigenvalue weighted by molar-refractivity contribution is 7.90. The third kappa shape index (κ3) is 8.09. The van der Waals surface area contributed by atoms with Crippen LogP contribution in [0.1, 0.15) is 72.1 Å². The van der Waals surface area contributed by atoms with Crippen LogP contribution in [0.3, 0.4) is 0 Å². The zero-order chi connectivity index (χ0) is 19.6. The fraction of sp³-hybridized carbons (Fsp3) is 0.714. The molecular weight excluding hydrogens is 348 g/mol. The van der Waals surface area contributed by atoms with Crippen molar-refractivity contribution in [3.05, 3.63) is 24.3 Å². The van der Waals surface area contributed by atoms with Crippen LogP contribution in [-0.2, 0) is 14.6 Å². The van der Waals surface area contributed by atoms with Gasteiger partial charge in [0.1, 0.15) is 11.9 Å². The summed E-state index contributed by atoms with van der Waals surface area (Å²) in [6.07, 6.45) is 10.9.